The Hall–Kier alpha value is -3.05. The van der Waals surface area contributed by atoms with Gasteiger partial charge in [-0.1, -0.05) is 56.3 Å². The van der Waals surface area contributed by atoms with E-state index in [1.807, 2.05) is 32.0 Å². The van der Waals surface area contributed by atoms with Gasteiger partial charge in [-0.2, -0.15) is 0 Å². The van der Waals surface area contributed by atoms with E-state index in [9.17, 15) is 9.59 Å². The van der Waals surface area contributed by atoms with Crippen LogP contribution in [-0.2, 0) is 20.1 Å². The molecule has 0 aliphatic rings. The Labute approximate surface area is 213 Å². The van der Waals surface area contributed by atoms with Crippen molar-refractivity contribution in [2.75, 3.05) is 13.7 Å². The lowest BCUT2D eigenvalue weighted by Crippen LogP contribution is -2.32. The molecular formula is C30H34O4S. The Morgan fingerprint density at radius 2 is 1.57 bits per heavy atom. The number of Topliss-reactive ketones (excluding diaryl/α,β-unsaturated/α-hetero) is 1. The van der Waals surface area contributed by atoms with Crippen LogP contribution in [0, 0.1) is 19.8 Å². The standard InChI is InChI=1S/C30H34O4S/c1-7-34-30(32)29(28(31)19(2)3)35-18-24-14-15-25(33-6)17-26(24)22-12-9-13-23(16-22)27-20(4)10-8-11-21(27)5/h8-17,19,29H,7,18H2,1-6H3. The number of thioether (sulfide) groups is 1. The second-order valence-electron chi connectivity index (χ2n) is 8.87. The molecule has 1 atom stereocenters. The molecule has 0 spiro atoms. The minimum absolute atomic E-state index is 0.111. The Morgan fingerprint density at radius 1 is 0.914 bits per heavy atom. The molecule has 3 rings (SSSR count). The van der Waals surface area contributed by atoms with E-state index in [1.165, 1.54) is 28.5 Å². The van der Waals surface area contributed by atoms with E-state index in [0.717, 1.165) is 28.0 Å². The van der Waals surface area contributed by atoms with E-state index >= 15 is 0 Å². The van der Waals surface area contributed by atoms with Crippen molar-refractivity contribution >= 4 is 23.5 Å². The van der Waals surface area contributed by atoms with Crippen LogP contribution in [0.3, 0.4) is 0 Å². The van der Waals surface area contributed by atoms with E-state index < -0.39 is 11.2 Å². The lowest BCUT2D eigenvalue weighted by atomic mass is 9.92. The van der Waals surface area contributed by atoms with Crippen molar-refractivity contribution < 1.29 is 19.1 Å². The van der Waals surface area contributed by atoms with Crippen LogP contribution >= 0.6 is 11.8 Å². The van der Waals surface area contributed by atoms with Crippen LogP contribution in [0.4, 0.5) is 0 Å². The molecule has 0 aliphatic heterocycles. The first kappa shape index (κ1) is 26.6. The highest BCUT2D eigenvalue weighted by molar-refractivity contribution is 8.00. The summed E-state index contributed by atoms with van der Waals surface area (Å²) < 4.78 is 10.7. The number of ether oxygens (including phenoxy) is 2. The van der Waals surface area contributed by atoms with E-state index in [-0.39, 0.29) is 18.3 Å². The molecule has 0 saturated carbocycles. The number of carbonyl (C=O) groups excluding carboxylic acids is 2. The van der Waals surface area contributed by atoms with Crippen molar-refractivity contribution in [1.29, 1.82) is 0 Å². The molecule has 0 fully saturated rings. The number of esters is 1. The third-order valence-corrected chi connectivity index (χ3v) is 7.23. The molecule has 184 valence electrons. The smallest absolute Gasteiger partial charge is 0.326 e. The van der Waals surface area contributed by atoms with E-state index in [4.69, 9.17) is 9.47 Å². The molecule has 0 radical (unpaired) electrons. The van der Waals surface area contributed by atoms with Gasteiger partial charge in [0.2, 0.25) is 0 Å². The van der Waals surface area contributed by atoms with E-state index in [2.05, 4.69) is 56.3 Å². The molecule has 0 aromatic heterocycles. The minimum atomic E-state index is -0.842. The summed E-state index contributed by atoms with van der Waals surface area (Å²) in [6, 6.07) is 20.8. The highest BCUT2D eigenvalue weighted by Crippen LogP contribution is 2.35. The Balaban J connectivity index is 2.00. The zero-order valence-electron chi connectivity index (χ0n) is 21.4. The minimum Gasteiger partial charge on any atom is -0.497 e. The predicted molar refractivity (Wildman–Crippen MR) is 145 cm³/mol. The molecule has 0 heterocycles. The van der Waals surface area contributed by atoms with Crippen LogP contribution in [0.5, 0.6) is 5.75 Å². The number of aryl methyl sites for hydroxylation is 2. The van der Waals surface area contributed by atoms with Gasteiger partial charge in [0.05, 0.1) is 13.7 Å². The molecule has 3 aromatic carbocycles. The lowest BCUT2D eigenvalue weighted by Gasteiger charge is -2.18. The van der Waals surface area contributed by atoms with Crippen LogP contribution in [0.2, 0.25) is 0 Å². The SMILES string of the molecule is CCOC(=O)C(SCc1ccc(OC)cc1-c1cccc(-c2c(C)cccc2C)c1)C(=O)C(C)C. The molecule has 3 aromatic rings. The van der Waals surface area contributed by atoms with Gasteiger partial charge in [0.15, 0.2) is 11.0 Å². The molecule has 35 heavy (non-hydrogen) atoms. The normalized spacial score (nSPS) is 11.9. The van der Waals surface area contributed by atoms with E-state index in [1.54, 1.807) is 14.0 Å². The second kappa shape index (κ2) is 12.1. The highest BCUT2D eigenvalue weighted by atomic mass is 32.2. The van der Waals surface area contributed by atoms with Crippen LogP contribution in [0.15, 0.2) is 60.7 Å². The molecule has 0 saturated heterocycles. The molecule has 4 nitrogen and oxygen atoms in total. The summed E-state index contributed by atoms with van der Waals surface area (Å²) in [4.78, 5) is 25.3. The lowest BCUT2D eigenvalue weighted by molar-refractivity contribution is -0.145. The number of methoxy groups -OCH3 is 1. The average Bonchev–Trinajstić information content (AvgIpc) is 2.84. The number of hydrogen-bond acceptors (Lipinski definition) is 5. The molecular weight excluding hydrogens is 456 g/mol. The fourth-order valence-corrected chi connectivity index (χ4v) is 5.39. The van der Waals surface area contributed by atoms with Crippen molar-refractivity contribution in [3.05, 3.63) is 77.4 Å². The number of hydrogen-bond donors (Lipinski definition) is 0. The van der Waals surface area contributed by atoms with Gasteiger partial charge in [0, 0.05) is 11.7 Å². The maximum absolute atomic E-state index is 12.8. The Bertz CT molecular complexity index is 1180. The molecule has 0 aliphatic carbocycles. The summed E-state index contributed by atoms with van der Waals surface area (Å²) in [6.45, 7) is 9.89. The van der Waals surface area contributed by atoms with Crippen LogP contribution in [-0.4, -0.2) is 30.7 Å². The first-order valence-corrected chi connectivity index (χ1v) is 13.0. The predicted octanol–water partition coefficient (Wildman–Crippen LogP) is 7.04. The topological polar surface area (TPSA) is 52.6 Å². The number of carbonyl (C=O) groups is 2. The average molecular weight is 491 g/mol. The van der Waals surface area contributed by atoms with Crippen molar-refractivity contribution in [1.82, 2.24) is 0 Å². The molecule has 0 N–H and O–H groups in total. The summed E-state index contributed by atoms with van der Waals surface area (Å²) in [5, 5.41) is -0.842. The zero-order valence-corrected chi connectivity index (χ0v) is 22.2. The van der Waals surface area contributed by atoms with E-state index in [0.29, 0.717) is 5.75 Å². The molecule has 1 unspecified atom stereocenters. The van der Waals surface area contributed by atoms with Gasteiger partial charge in [-0.15, -0.1) is 11.8 Å². The highest BCUT2D eigenvalue weighted by Gasteiger charge is 2.30. The van der Waals surface area contributed by atoms with Crippen molar-refractivity contribution in [2.24, 2.45) is 5.92 Å². The van der Waals surface area contributed by atoms with Gasteiger partial charge in [-0.25, -0.2) is 0 Å². The summed E-state index contributed by atoms with van der Waals surface area (Å²) in [5.41, 5.74) is 7.95. The summed E-state index contributed by atoms with van der Waals surface area (Å²) in [6.07, 6.45) is 0. The summed E-state index contributed by atoms with van der Waals surface area (Å²) in [5.74, 6) is 0.422. The van der Waals surface area contributed by atoms with Crippen molar-refractivity contribution in [3.8, 4) is 28.0 Å². The first-order valence-electron chi connectivity index (χ1n) is 11.9. The van der Waals surface area contributed by atoms with Gasteiger partial charge < -0.3 is 9.47 Å². The van der Waals surface area contributed by atoms with Crippen LogP contribution in [0.1, 0.15) is 37.5 Å². The fourth-order valence-electron chi connectivity index (χ4n) is 4.15. The third kappa shape index (κ3) is 6.34. The number of benzene rings is 3. The van der Waals surface area contributed by atoms with Gasteiger partial charge in [0.25, 0.3) is 0 Å². The monoisotopic (exact) mass is 490 g/mol. The molecule has 0 amide bonds. The quantitative estimate of drug-likeness (QED) is 0.225. The summed E-state index contributed by atoms with van der Waals surface area (Å²) in [7, 11) is 1.65. The maximum Gasteiger partial charge on any atom is 0.326 e. The van der Waals surface area contributed by atoms with Crippen LogP contribution in [0.25, 0.3) is 22.3 Å². The van der Waals surface area contributed by atoms with Crippen molar-refractivity contribution in [2.45, 2.75) is 45.6 Å². The first-order chi connectivity index (χ1) is 16.8. The molecule has 5 heteroatoms. The Kier molecular flexibility index (Phi) is 9.16. The van der Waals surface area contributed by atoms with Gasteiger partial charge in [-0.3, -0.25) is 9.59 Å². The zero-order chi connectivity index (χ0) is 25.5. The van der Waals surface area contributed by atoms with Gasteiger partial charge >= 0.3 is 5.97 Å². The maximum atomic E-state index is 12.8. The third-order valence-electron chi connectivity index (χ3n) is 5.99. The second-order valence-corrected chi connectivity index (χ2v) is 9.96. The van der Waals surface area contributed by atoms with Gasteiger partial charge in [-0.05, 0) is 77.9 Å². The Morgan fingerprint density at radius 3 is 2.20 bits per heavy atom. The number of rotatable bonds is 10. The fraction of sp³-hybridized carbons (Fsp3) is 0.333. The summed E-state index contributed by atoms with van der Waals surface area (Å²) >= 11 is 1.32. The largest absolute Gasteiger partial charge is 0.497 e. The van der Waals surface area contributed by atoms with Gasteiger partial charge in [0.1, 0.15) is 5.75 Å². The van der Waals surface area contributed by atoms with Crippen LogP contribution < -0.4 is 4.74 Å². The number of ketones is 1. The molecule has 0 bridgehead atoms. The van der Waals surface area contributed by atoms with Crippen molar-refractivity contribution in [3.63, 3.8) is 0 Å².